The molecule has 0 bridgehead atoms. The second-order valence-electron chi connectivity index (χ2n) is 5.51. The van der Waals surface area contributed by atoms with Crippen molar-refractivity contribution in [3.63, 3.8) is 0 Å². The molecule has 0 spiro atoms. The van der Waals surface area contributed by atoms with E-state index in [1.807, 2.05) is 39.8 Å². The first-order chi connectivity index (χ1) is 9.90. The van der Waals surface area contributed by atoms with E-state index < -0.39 is 12.1 Å². The summed E-state index contributed by atoms with van der Waals surface area (Å²) >= 11 is 3.55. The largest absolute Gasteiger partial charge is 0.342 e. The van der Waals surface area contributed by atoms with E-state index in [1.165, 1.54) is 0 Å². The first-order valence-corrected chi connectivity index (χ1v) is 8.10. The Balaban J connectivity index is 2.57. The first-order valence-electron chi connectivity index (χ1n) is 7.30. The van der Waals surface area contributed by atoms with Crippen LogP contribution in [0.1, 0.15) is 37.8 Å². The number of nitrogens with zero attached hydrogens (tertiary/aromatic N) is 1. The maximum atomic E-state index is 12.8. The molecule has 1 fully saturated rings. The molecule has 5 heteroatoms. The van der Waals surface area contributed by atoms with Crippen LogP contribution in [0.2, 0.25) is 0 Å². The van der Waals surface area contributed by atoms with Crippen LogP contribution in [0.5, 0.6) is 0 Å². The lowest BCUT2D eigenvalue weighted by molar-refractivity contribution is -0.134. The van der Waals surface area contributed by atoms with Crippen LogP contribution >= 0.6 is 15.9 Å². The molecule has 114 valence electrons. The summed E-state index contributed by atoms with van der Waals surface area (Å²) in [6, 6.07) is 3.13. The van der Waals surface area contributed by atoms with Crippen LogP contribution in [-0.2, 0) is 9.59 Å². The highest BCUT2D eigenvalue weighted by atomic mass is 79.9. The van der Waals surface area contributed by atoms with Gasteiger partial charge in [0.1, 0.15) is 12.1 Å². The molecule has 1 aromatic carbocycles. The summed E-state index contributed by atoms with van der Waals surface area (Å²) in [5.41, 5.74) is 2.93. The molecule has 2 atom stereocenters. The van der Waals surface area contributed by atoms with Crippen molar-refractivity contribution in [3.05, 3.63) is 27.7 Å². The fourth-order valence-electron chi connectivity index (χ4n) is 2.89. The number of rotatable bonds is 3. The third kappa shape index (κ3) is 2.84. The van der Waals surface area contributed by atoms with Crippen molar-refractivity contribution in [3.8, 4) is 0 Å². The molecule has 0 aromatic heterocycles. The minimum absolute atomic E-state index is 0.0309. The lowest BCUT2D eigenvalue weighted by Crippen LogP contribution is -2.63. The van der Waals surface area contributed by atoms with Gasteiger partial charge in [0.05, 0.1) is 5.69 Å². The number of amides is 2. The van der Waals surface area contributed by atoms with E-state index in [0.29, 0.717) is 12.8 Å². The average molecular weight is 353 g/mol. The number of anilines is 1. The van der Waals surface area contributed by atoms with Gasteiger partial charge < -0.3 is 5.32 Å². The zero-order valence-corrected chi connectivity index (χ0v) is 14.5. The Morgan fingerprint density at radius 2 is 1.86 bits per heavy atom. The van der Waals surface area contributed by atoms with E-state index in [-0.39, 0.29) is 11.8 Å². The number of nitrogens with one attached hydrogen (secondary N) is 1. The molecule has 1 aromatic rings. The number of hydrogen-bond acceptors (Lipinski definition) is 2. The smallest absolute Gasteiger partial charge is 0.250 e. The van der Waals surface area contributed by atoms with Crippen molar-refractivity contribution in [2.75, 3.05) is 4.90 Å². The third-order valence-electron chi connectivity index (χ3n) is 3.90. The van der Waals surface area contributed by atoms with Gasteiger partial charge in [0, 0.05) is 4.47 Å². The zero-order valence-electron chi connectivity index (χ0n) is 12.9. The summed E-state index contributed by atoms with van der Waals surface area (Å²) in [4.78, 5) is 26.7. The molecule has 2 unspecified atom stereocenters. The minimum Gasteiger partial charge on any atom is -0.342 e. The molecule has 1 N–H and O–H groups in total. The van der Waals surface area contributed by atoms with Gasteiger partial charge in [-0.25, -0.2) is 0 Å². The lowest BCUT2D eigenvalue weighted by atomic mass is 10.00. The highest BCUT2D eigenvalue weighted by Crippen LogP contribution is 2.35. The molecule has 4 nitrogen and oxygen atoms in total. The number of piperazine rings is 1. The van der Waals surface area contributed by atoms with E-state index >= 15 is 0 Å². The van der Waals surface area contributed by atoms with Crippen LogP contribution in [0.3, 0.4) is 0 Å². The summed E-state index contributed by atoms with van der Waals surface area (Å²) in [6.45, 7) is 7.82. The average Bonchev–Trinajstić information content (AvgIpc) is 2.41. The topological polar surface area (TPSA) is 49.4 Å². The predicted octanol–water partition coefficient (Wildman–Crippen LogP) is 3.09. The molecule has 1 saturated heterocycles. The summed E-state index contributed by atoms with van der Waals surface area (Å²) in [5.74, 6) is -0.104. The fraction of sp³-hybridized carbons (Fsp3) is 0.500. The fourth-order valence-corrected chi connectivity index (χ4v) is 3.76. The highest BCUT2D eigenvalue weighted by molar-refractivity contribution is 9.10. The number of hydrogen-bond donors (Lipinski definition) is 1. The van der Waals surface area contributed by atoms with Crippen LogP contribution in [-0.4, -0.2) is 23.9 Å². The molecule has 0 aliphatic carbocycles. The molecule has 1 heterocycles. The van der Waals surface area contributed by atoms with Gasteiger partial charge in [-0.1, -0.05) is 19.9 Å². The summed E-state index contributed by atoms with van der Waals surface area (Å²) in [6.07, 6.45) is 1.19. The predicted molar refractivity (Wildman–Crippen MR) is 87.4 cm³/mol. The second kappa shape index (κ2) is 6.18. The van der Waals surface area contributed by atoms with E-state index in [2.05, 4.69) is 21.2 Å². The lowest BCUT2D eigenvalue weighted by Gasteiger charge is -2.39. The second-order valence-corrected chi connectivity index (χ2v) is 6.37. The van der Waals surface area contributed by atoms with E-state index in [4.69, 9.17) is 0 Å². The first kappa shape index (κ1) is 16.0. The molecule has 0 saturated carbocycles. The third-order valence-corrected chi connectivity index (χ3v) is 4.50. The van der Waals surface area contributed by atoms with Crippen molar-refractivity contribution < 1.29 is 9.59 Å². The van der Waals surface area contributed by atoms with Gasteiger partial charge in [-0.3, -0.25) is 14.5 Å². The van der Waals surface area contributed by atoms with Crippen molar-refractivity contribution in [2.24, 2.45) is 0 Å². The molecular formula is C16H21BrN2O2. The van der Waals surface area contributed by atoms with Crippen molar-refractivity contribution >= 4 is 33.4 Å². The van der Waals surface area contributed by atoms with Crippen LogP contribution in [0.4, 0.5) is 5.69 Å². The van der Waals surface area contributed by atoms with Crippen molar-refractivity contribution in [1.29, 1.82) is 0 Å². The van der Waals surface area contributed by atoms with Gasteiger partial charge in [-0.2, -0.15) is 0 Å². The minimum atomic E-state index is -0.446. The van der Waals surface area contributed by atoms with Gasteiger partial charge >= 0.3 is 0 Å². The summed E-state index contributed by atoms with van der Waals surface area (Å²) in [7, 11) is 0. The molecule has 0 radical (unpaired) electrons. The Bertz CT molecular complexity index is 563. The van der Waals surface area contributed by atoms with Gasteiger partial charge in [0.25, 0.3) is 0 Å². The monoisotopic (exact) mass is 352 g/mol. The number of halogens is 1. The van der Waals surface area contributed by atoms with Gasteiger partial charge in [-0.05, 0) is 59.8 Å². The number of carbonyl (C=O) groups excluding carboxylic acids is 2. The Morgan fingerprint density at radius 3 is 2.38 bits per heavy atom. The Kier molecular flexibility index (Phi) is 4.71. The van der Waals surface area contributed by atoms with E-state index in [1.54, 1.807) is 4.90 Å². The maximum absolute atomic E-state index is 12.8. The Hall–Kier alpha value is -1.36. The van der Waals surface area contributed by atoms with Crippen molar-refractivity contribution in [1.82, 2.24) is 5.32 Å². The summed E-state index contributed by atoms with van der Waals surface area (Å²) < 4.78 is 0.858. The number of aryl methyl sites for hydroxylation is 2. The van der Waals surface area contributed by atoms with Crippen LogP contribution in [0.15, 0.2) is 16.6 Å². The van der Waals surface area contributed by atoms with Crippen LogP contribution < -0.4 is 10.2 Å². The van der Waals surface area contributed by atoms with Crippen molar-refractivity contribution in [2.45, 2.75) is 52.6 Å². The Morgan fingerprint density at radius 1 is 1.19 bits per heavy atom. The zero-order chi connectivity index (χ0) is 15.7. The standard InChI is InChI=1S/C16H21BrN2O2/c1-5-12-16(21)19(13(6-2)15(20)18-12)14-10(4)7-9(3)8-11(14)17/h7-8,12-13H,5-6H2,1-4H3,(H,18,20). The van der Waals surface area contributed by atoms with E-state index in [0.717, 1.165) is 21.3 Å². The highest BCUT2D eigenvalue weighted by Gasteiger charge is 2.40. The molecule has 21 heavy (non-hydrogen) atoms. The molecular weight excluding hydrogens is 332 g/mol. The normalized spacial score (nSPS) is 22.4. The van der Waals surface area contributed by atoms with Gasteiger partial charge in [-0.15, -0.1) is 0 Å². The maximum Gasteiger partial charge on any atom is 0.250 e. The molecule has 1 aliphatic heterocycles. The number of benzene rings is 1. The molecule has 2 rings (SSSR count). The quantitative estimate of drug-likeness (QED) is 0.908. The van der Waals surface area contributed by atoms with Gasteiger partial charge in [0.15, 0.2) is 0 Å². The summed E-state index contributed by atoms with van der Waals surface area (Å²) in [5, 5.41) is 2.82. The molecule has 1 aliphatic rings. The van der Waals surface area contributed by atoms with Gasteiger partial charge in [0.2, 0.25) is 11.8 Å². The Labute approximate surface area is 134 Å². The SMILES string of the molecule is CCC1NC(=O)C(CC)N(c2c(C)cc(C)cc2Br)C1=O. The van der Waals surface area contributed by atoms with E-state index in [9.17, 15) is 9.59 Å². The van der Waals surface area contributed by atoms with Crippen LogP contribution in [0, 0.1) is 13.8 Å². The number of carbonyl (C=O) groups is 2. The molecule has 2 amide bonds. The van der Waals surface area contributed by atoms with Crippen LogP contribution in [0.25, 0.3) is 0 Å².